The smallest absolute Gasteiger partial charge is 0.183 e. The fraction of sp³-hybridized carbons (Fsp3) is 0.278. The number of pyridine rings is 1. The molecule has 2 aromatic heterocycles. The predicted octanol–water partition coefficient (Wildman–Crippen LogP) is 5.71. The molecule has 0 aliphatic carbocycles. The maximum absolute atomic E-state index is 9.92. The molecule has 0 bridgehead atoms. The van der Waals surface area contributed by atoms with Crippen molar-refractivity contribution in [2.75, 3.05) is 0 Å². The van der Waals surface area contributed by atoms with E-state index >= 15 is 0 Å². The molecule has 3 rings (SSSR count). The number of nitrogens with zero attached hydrogens (tertiary/aromatic N) is 4. The van der Waals surface area contributed by atoms with Crippen molar-refractivity contribution in [2.24, 2.45) is 10.2 Å². The van der Waals surface area contributed by atoms with Gasteiger partial charge in [-0.15, -0.1) is 10.2 Å². The van der Waals surface area contributed by atoms with Crippen LogP contribution in [0.1, 0.15) is 32.0 Å². The first-order chi connectivity index (χ1) is 11.3. The van der Waals surface area contributed by atoms with Crippen molar-refractivity contribution in [2.45, 2.75) is 33.1 Å². The molecule has 0 fully saturated rings. The van der Waals surface area contributed by atoms with E-state index in [0.717, 1.165) is 16.9 Å². The number of phenolic OH excluding ortho intramolecular Hbond substituents is 1. The zero-order chi connectivity index (χ0) is 17.5. The summed E-state index contributed by atoms with van der Waals surface area (Å²) >= 11 is 5.97. The highest BCUT2D eigenvalue weighted by Gasteiger charge is 2.24. The molecule has 0 aliphatic rings. The van der Waals surface area contributed by atoms with Crippen LogP contribution in [0.15, 0.2) is 46.8 Å². The molecular weight excluding hydrogens is 324 g/mol. The minimum absolute atomic E-state index is 0.0328. The van der Waals surface area contributed by atoms with Crippen molar-refractivity contribution in [3.05, 3.63) is 52.8 Å². The van der Waals surface area contributed by atoms with Gasteiger partial charge in [0.1, 0.15) is 17.1 Å². The largest absolute Gasteiger partial charge is 0.506 e. The van der Waals surface area contributed by atoms with Crippen LogP contribution in [-0.4, -0.2) is 14.5 Å². The Morgan fingerprint density at radius 1 is 1.17 bits per heavy atom. The van der Waals surface area contributed by atoms with E-state index in [0.29, 0.717) is 16.5 Å². The third kappa shape index (κ3) is 2.99. The van der Waals surface area contributed by atoms with Crippen molar-refractivity contribution in [3.8, 4) is 5.75 Å². The zero-order valence-corrected chi connectivity index (χ0v) is 14.8. The lowest BCUT2D eigenvalue weighted by Crippen LogP contribution is -2.11. The Morgan fingerprint density at radius 2 is 1.92 bits per heavy atom. The lowest BCUT2D eigenvalue weighted by atomic mass is 9.92. The van der Waals surface area contributed by atoms with E-state index in [2.05, 4.69) is 31.0 Å². The molecule has 5 nitrogen and oxygen atoms in total. The summed E-state index contributed by atoms with van der Waals surface area (Å²) in [6.45, 7) is 8.26. The Labute approximate surface area is 145 Å². The normalized spacial score (nSPS) is 12.4. The van der Waals surface area contributed by atoms with E-state index in [1.165, 1.54) is 6.07 Å². The Morgan fingerprint density at radius 3 is 2.62 bits per heavy atom. The van der Waals surface area contributed by atoms with Gasteiger partial charge in [-0.1, -0.05) is 38.4 Å². The highest BCUT2D eigenvalue weighted by molar-refractivity contribution is 6.30. The molecule has 0 aliphatic heterocycles. The van der Waals surface area contributed by atoms with Gasteiger partial charge < -0.3 is 5.11 Å². The van der Waals surface area contributed by atoms with Gasteiger partial charge in [0.15, 0.2) is 5.82 Å². The number of phenols is 1. The number of azo groups is 1. The summed E-state index contributed by atoms with van der Waals surface area (Å²) in [7, 11) is 0. The van der Waals surface area contributed by atoms with Gasteiger partial charge in [0.25, 0.3) is 0 Å². The van der Waals surface area contributed by atoms with Gasteiger partial charge in [0, 0.05) is 16.6 Å². The second-order valence-corrected chi connectivity index (χ2v) is 7.19. The van der Waals surface area contributed by atoms with Gasteiger partial charge in [-0.2, -0.15) is 0 Å². The van der Waals surface area contributed by atoms with Crippen molar-refractivity contribution < 1.29 is 5.11 Å². The number of hydrogen-bond donors (Lipinski definition) is 1. The highest BCUT2D eigenvalue weighted by Crippen LogP contribution is 2.35. The molecule has 0 saturated heterocycles. The van der Waals surface area contributed by atoms with Crippen LogP contribution in [-0.2, 0) is 5.41 Å². The second-order valence-electron chi connectivity index (χ2n) is 6.75. The zero-order valence-electron chi connectivity index (χ0n) is 14.1. The minimum Gasteiger partial charge on any atom is -0.506 e. The van der Waals surface area contributed by atoms with Gasteiger partial charge in [0.2, 0.25) is 0 Å². The van der Waals surface area contributed by atoms with Crippen molar-refractivity contribution >= 4 is 28.8 Å². The summed E-state index contributed by atoms with van der Waals surface area (Å²) < 4.78 is 1.92. The van der Waals surface area contributed by atoms with E-state index in [1.807, 2.05) is 29.7 Å². The molecule has 1 aromatic carbocycles. The molecule has 124 valence electrons. The monoisotopic (exact) mass is 342 g/mol. The van der Waals surface area contributed by atoms with E-state index in [1.54, 1.807) is 12.1 Å². The molecule has 0 atom stereocenters. The molecule has 0 spiro atoms. The molecule has 24 heavy (non-hydrogen) atoms. The van der Waals surface area contributed by atoms with Crippen LogP contribution in [0.2, 0.25) is 5.02 Å². The summed E-state index contributed by atoms with van der Waals surface area (Å²) in [5, 5.41) is 19.0. The highest BCUT2D eigenvalue weighted by atomic mass is 35.5. The van der Waals surface area contributed by atoms with Crippen LogP contribution in [0.25, 0.3) is 5.65 Å². The molecule has 0 amide bonds. The number of benzene rings is 1. The summed E-state index contributed by atoms with van der Waals surface area (Å²) in [5.74, 6) is 0.686. The lowest BCUT2D eigenvalue weighted by molar-refractivity contribution is 0.476. The Bertz CT molecular complexity index is 938. The number of imidazole rings is 1. The molecule has 2 heterocycles. The second kappa shape index (κ2) is 5.91. The number of hydrogen-bond acceptors (Lipinski definition) is 4. The number of halogens is 1. The van der Waals surface area contributed by atoms with Gasteiger partial charge >= 0.3 is 0 Å². The minimum atomic E-state index is -0.191. The summed E-state index contributed by atoms with van der Waals surface area (Å²) in [6.07, 6.45) is 1.91. The Balaban J connectivity index is 2.19. The SMILES string of the molecule is Cc1cccn2c(N=Nc3cc(Cl)ccc3O)c(C(C)(C)C)nc12. The van der Waals surface area contributed by atoms with Crippen molar-refractivity contribution in [1.82, 2.24) is 9.38 Å². The topological polar surface area (TPSA) is 62.2 Å². The summed E-state index contributed by atoms with van der Waals surface area (Å²) in [4.78, 5) is 4.76. The molecule has 0 saturated carbocycles. The Kier molecular flexibility index (Phi) is 4.05. The van der Waals surface area contributed by atoms with Crippen LogP contribution >= 0.6 is 11.6 Å². The van der Waals surface area contributed by atoms with Gasteiger partial charge in [-0.05, 0) is 36.8 Å². The maximum atomic E-state index is 9.92. The Hall–Kier alpha value is -2.40. The van der Waals surface area contributed by atoms with E-state index in [4.69, 9.17) is 16.6 Å². The number of fused-ring (bicyclic) bond motifs is 1. The number of rotatable bonds is 2. The third-order valence-corrected chi connectivity index (χ3v) is 3.96. The lowest BCUT2D eigenvalue weighted by Gasteiger charge is -2.15. The maximum Gasteiger partial charge on any atom is 0.183 e. The average Bonchev–Trinajstić information content (AvgIpc) is 2.88. The van der Waals surface area contributed by atoms with Crippen LogP contribution < -0.4 is 0 Å². The summed E-state index contributed by atoms with van der Waals surface area (Å²) in [5.41, 5.74) is 2.90. The fourth-order valence-corrected chi connectivity index (χ4v) is 2.63. The van der Waals surface area contributed by atoms with Crippen LogP contribution in [0.4, 0.5) is 11.5 Å². The summed E-state index contributed by atoms with van der Waals surface area (Å²) in [6, 6.07) is 8.64. The first-order valence-corrected chi connectivity index (χ1v) is 8.03. The van der Waals surface area contributed by atoms with E-state index in [-0.39, 0.29) is 11.2 Å². The molecule has 0 unspecified atom stereocenters. The standard InChI is InChI=1S/C18H19ClN4O/c1-11-6-5-9-23-16(11)20-15(18(2,3)4)17(23)22-21-13-10-12(19)7-8-14(13)24/h5-10,24H,1-4H3. The molecule has 1 N–H and O–H groups in total. The van der Waals surface area contributed by atoms with Gasteiger partial charge in [-0.25, -0.2) is 4.98 Å². The van der Waals surface area contributed by atoms with Gasteiger partial charge in [-0.3, -0.25) is 4.40 Å². The molecule has 0 radical (unpaired) electrons. The first-order valence-electron chi connectivity index (χ1n) is 7.66. The number of aromatic hydroxyl groups is 1. The van der Waals surface area contributed by atoms with Crippen LogP contribution in [0.3, 0.4) is 0 Å². The number of aromatic nitrogens is 2. The van der Waals surface area contributed by atoms with Crippen molar-refractivity contribution in [1.29, 1.82) is 0 Å². The molecular formula is C18H19ClN4O. The van der Waals surface area contributed by atoms with Gasteiger partial charge in [0.05, 0.1) is 5.69 Å². The first kappa shape index (κ1) is 16.5. The number of aryl methyl sites for hydroxylation is 1. The van der Waals surface area contributed by atoms with Crippen molar-refractivity contribution in [3.63, 3.8) is 0 Å². The molecule has 6 heteroatoms. The van der Waals surface area contributed by atoms with E-state index < -0.39 is 0 Å². The third-order valence-electron chi connectivity index (χ3n) is 3.72. The van der Waals surface area contributed by atoms with E-state index in [9.17, 15) is 5.11 Å². The van der Waals surface area contributed by atoms with Crippen LogP contribution in [0.5, 0.6) is 5.75 Å². The fourth-order valence-electron chi connectivity index (χ4n) is 2.47. The van der Waals surface area contributed by atoms with Crippen LogP contribution in [0, 0.1) is 6.92 Å². The average molecular weight is 343 g/mol. The predicted molar refractivity (Wildman–Crippen MR) is 95.9 cm³/mol. The quantitative estimate of drug-likeness (QED) is 0.606. The molecule has 3 aromatic rings.